The van der Waals surface area contributed by atoms with Gasteiger partial charge < -0.3 is 18.9 Å². The third kappa shape index (κ3) is 2.83. The Morgan fingerprint density at radius 1 is 1.11 bits per heavy atom. The fourth-order valence-corrected chi connectivity index (χ4v) is 1.67. The SMILES string of the molecule is C=Cc1c(OCC2CO2)cccc1OCC1CO1. The van der Waals surface area contributed by atoms with Crippen LogP contribution in [-0.4, -0.2) is 38.6 Å². The summed E-state index contributed by atoms with van der Waals surface area (Å²) in [5.41, 5.74) is 0.888. The van der Waals surface area contributed by atoms with Gasteiger partial charge in [-0.2, -0.15) is 0 Å². The van der Waals surface area contributed by atoms with E-state index in [9.17, 15) is 0 Å². The topological polar surface area (TPSA) is 43.5 Å². The Labute approximate surface area is 106 Å². The Kier molecular flexibility index (Phi) is 3.21. The molecule has 2 fully saturated rings. The first kappa shape index (κ1) is 11.6. The normalized spacial score (nSPS) is 24.4. The second kappa shape index (κ2) is 5.00. The summed E-state index contributed by atoms with van der Waals surface area (Å²) in [5.74, 6) is 1.57. The largest absolute Gasteiger partial charge is 0.490 e. The summed E-state index contributed by atoms with van der Waals surface area (Å²) in [4.78, 5) is 0. The van der Waals surface area contributed by atoms with Crippen molar-refractivity contribution in [3.05, 3.63) is 30.3 Å². The first-order valence-corrected chi connectivity index (χ1v) is 6.11. The Balaban J connectivity index is 1.69. The highest BCUT2D eigenvalue weighted by Gasteiger charge is 2.25. The van der Waals surface area contributed by atoms with Gasteiger partial charge in [0, 0.05) is 0 Å². The zero-order chi connectivity index (χ0) is 12.4. The molecule has 0 aromatic heterocycles. The molecule has 0 aliphatic carbocycles. The molecule has 2 heterocycles. The van der Waals surface area contributed by atoms with E-state index in [1.54, 1.807) is 6.08 Å². The van der Waals surface area contributed by atoms with Crippen molar-refractivity contribution in [1.29, 1.82) is 0 Å². The summed E-state index contributed by atoms with van der Waals surface area (Å²) >= 11 is 0. The number of hydrogen-bond donors (Lipinski definition) is 0. The lowest BCUT2D eigenvalue weighted by Gasteiger charge is -2.13. The van der Waals surface area contributed by atoms with Crippen LogP contribution in [0.1, 0.15) is 5.56 Å². The van der Waals surface area contributed by atoms with E-state index in [1.807, 2.05) is 18.2 Å². The van der Waals surface area contributed by atoms with Gasteiger partial charge in [-0.05, 0) is 12.1 Å². The smallest absolute Gasteiger partial charge is 0.130 e. The van der Waals surface area contributed by atoms with Crippen LogP contribution in [0.15, 0.2) is 24.8 Å². The predicted octanol–water partition coefficient (Wildman–Crippen LogP) is 1.88. The summed E-state index contributed by atoms with van der Waals surface area (Å²) in [6, 6.07) is 5.75. The zero-order valence-corrected chi connectivity index (χ0v) is 10.1. The quantitative estimate of drug-likeness (QED) is 0.691. The van der Waals surface area contributed by atoms with E-state index in [1.165, 1.54) is 0 Å². The highest BCUT2D eigenvalue weighted by molar-refractivity contribution is 5.63. The van der Waals surface area contributed by atoms with Crippen LogP contribution in [-0.2, 0) is 9.47 Å². The highest BCUT2D eigenvalue weighted by Crippen LogP contribution is 2.31. The van der Waals surface area contributed by atoms with Crippen molar-refractivity contribution in [2.45, 2.75) is 12.2 Å². The maximum absolute atomic E-state index is 5.71. The van der Waals surface area contributed by atoms with Crippen LogP contribution in [0.25, 0.3) is 6.08 Å². The van der Waals surface area contributed by atoms with E-state index in [-0.39, 0.29) is 12.2 Å². The fraction of sp³-hybridized carbons (Fsp3) is 0.429. The molecule has 18 heavy (non-hydrogen) atoms. The minimum atomic E-state index is 0.243. The summed E-state index contributed by atoms with van der Waals surface area (Å²) in [6.45, 7) is 6.55. The third-order valence-electron chi connectivity index (χ3n) is 2.88. The van der Waals surface area contributed by atoms with E-state index in [0.717, 1.165) is 30.3 Å². The number of ether oxygens (including phenoxy) is 4. The molecular weight excluding hydrogens is 232 g/mol. The molecule has 2 aliphatic rings. The molecular formula is C14H16O4. The monoisotopic (exact) mass is 248 g/mol. The van der Waals surface area contributed by atoms with E-state index in [0.29, 0.717) is 13.2 Å². The summed E-state index contributed by atoms with van der Waals surface area (Å²) in [7, 11) is 0. The van der Waals surface area contributed by atoms with Crippen molar-refractivity contribution in [1.82, 2.24) is 0 Å². The molecule has 0 amide bonds. The predicted molar refractivity (Wildman–Crippen MR) is 67.0 cm³/mol. The van der Waals surface area contributed by atoms with Gasteiger partial charge in [0.25, 0.3) is 0 Å². The van der Waals surface area contributed by atoms with Crippen molar-refractivity contribution in [2.75, 3.05) is 26.4 Å². The number of rotatable bonds is 7. The molecule has 0 radical (unpaired) electrons. The second-order valence-corrected chi connectivity index (χ2v) is 4.40. The van der Waals surface area contributed by atoms with Gasteiger partial charge in [-0.15, -0.1) is 0 Å². The first-order valence-electron chi connectivity index (χ1n) is 6.11. The average molecular weight is 248 g/mol. The number of epoxide rings is 2. The Hall–Kier alpha value is -1.52. The van der Waals surface area contributed by atoms with Gasteiger partial charge in [-0.25, -0.2) is 0 Å². The Bertz CT molecular complexity index is 401. The minimum absolute atomic E-state index is 0.243. The molecule has 2 saturated heterocycles. The lowest BCUT2D eigenvalue weighted by Crippen LogP contribution is -2.08. The summed E-state index contributed by atoms with van der Waals surface area (Å²) < 4.78 is 21.7. The Morgan fingerprint density at radius 2 is 1.61 bits per heavy atom. The van der Waals surface area contributed by atoms with Gasteiger partial charge >= 0.3 is 0 Å². The van der Waals surface area contributed by atoms with Crippen molar-refractivity contribution >= 4 is 6.08 Å². The van der Waals surface area contributed by atoms with Gasteiger partial charge in [0.1, 0.15) is 36.9 Å². The molecule has 0 bridgehead atoms. The van der Waals surface area contributed by atoms with Gasteiger partial charge in [0.15, 0.2) is 0 Å². The molecule has 0 N–H and O–H groups in total. The lowest BCUT2D eigenvalue weighted by molar-refractivity contribution is 0.251. The number of benzene rings is 1. The van der Waals surface area contributed by atoms with E-state index < -0.39 is 0 Å². The van der Waals surface area contributed by atoms with Crippen molar-refractivity contribution < 1.29 is 18.9 Å². The molecule has 2 aliphatic heterocycles. The van der Waals surface area contributed by atoms with Crippen LogP contribution < -0.4 is 9.47 Å². The fourth-order valence-electron chi connectivity index (χ4n) is 1.67. The maximum atomic E-state index is 5.71. The maximum Gasteiger partial charge on any atom is 0.130 e. The van der Waals surface area contributed by atoms with Crippen LogP contribution in [0.2, 0.25) is 0 Å². The highest BCUT2D eigenvalue weighted by atomic mass is 16.6. The van der Waals surface area contributed by atoms with Crippen molar-refractivity contribution in [3.8, 4) is 11.5 Å². The molecule has 3 rings (SSSR count). The molecule has 4 nitrogen and oxygen atoms in total. The van der Waals surface area contributed by atoms with E-state index in [4.69, 9.17) is 18.9 Å². The molecule has 2 atom stereocenters. The molecule has 1 aromatic carbocycles. The molecule has 1 aromatic rings. The summed E-state index contributed by atoms with van der Waals surface area (Å²) in [5, 5.41) is 0. The molecule has 2 unspecified atom stereocenters. The van der Waals surface area contributed by atoms with Crippen LogP contribution in [0, 0.1) is 0 Å². The first-order chi connectivity index (χ1) is 8.86. The molecule has 0 spiro atoms. The van der Waals surface area contributed by atoms with Gasteiger partial charge in [-0.3, -0.25) is 0 Å². The third-order valence-corrected chi connectivity index (χ3v) is 2.88. The average Bonchev–Trinajstić information content (AvgIpc) is 3.28. The summed E-state index contributed by atoms with van der Waals surface area (Å²) in [6.07, 6.45) is 2.24. The van der Waals surface area contributed by atoms with E-state index >= 15 is 0 Å². The Morgan fingerprint density at radius 3 is 2.00 bits per heavy atom. The van der Waals surface area contributed by atoms with Crippen molar-refractivity contribution in [2.24, 2.45) is 0 Å². The van der Waals surface area contributed by atoms with Gasteiger partial charge in [-0.1, -0.05) is 18.7 Å². The van der Waals surface area contributed by atoms with Crippen LogP contribution in [0.3, 0.4) is 0 Å². The van der Waals surface area contributed by atoms with Crippen LogP contribution >= 0.6 is 0 Å². The second-order valence-electron chi connectivity index (χ2n) is 4.40. The van der Waals surface area contributed by atoms with Gasteiger partial charge in [0.2, 0.25) is 0 Å². The van der Waals surface area contributed by atoms with E-state index in [2.05, 4.69) is 6.58 Å². The van der Waals surface area contributed by atoms with Crippen molar-refractivity contribution in [3.63, 3.8) is 0 Å². The standard InChI is InChI=1S/C14H16O4/c1-2-12-13(17-8-10-6-15-10)4-3-5-14(12)18-9-11-7-16-11/h2-5,10-11H,1,6-9H2. The molecule has 96 valence electrons. The molecule has 0 saturated carbocycles. The number of hydrogen-bond acceptors (Lipinski definition) is 4. The zero-order valence-electron chi connectivity index (χ0n) is 10.1. The molecule has 4 heteroatoms. The minimum Gasteiger partial charge on any atom is -0.490 e. The van der Waals surface area contributed by atoms with Crippen LogP contribution in [0.5, 0.6) is 11.5 Å². The van der Waals surface area contributed by atoms with Crippen LogP contribution in [0.4, 0.5) is 0 Å². The van der Waals surface area contributed by atoms with Gasteiger partial charge in [0.05, 0.1) is 18.8 Å². The lowest BCUT2D eigenvalue weighted by atomic mass is 10.1.